The second-order valence-electron chi connectivity index (χ2n) is 5.63. The summed E-state index contributed by atoms with van der Waals surface area (Å²) in [6.45, 7) is 0.480. The molecule has 3 rings (SSSR count). The molecule has 1 aromatic heterocycles. The maximum Gasteiger partial charge on any atom is 0.345 e. The summed E-state index contributed by atoms with van der Waals surface area (Å²) in [7, 11) is 0. The van der Waals surface area contributed by atoms with Crippen LogP contribution in [0, 0.1) is 0 Å². The van der Waals surface area contributed by atoms with Crippen molar-refractivity contribution in [2.45, 2.75) is 18.5 Å². The fourth-order valence-corrected chi connectivity index (χ4v) is 3.69. The first kappa shape index (κ1) is 15.7. The number of hydrogen-bond donors (Lipinski definition) is 1. The Kier molecular flexibility index (Phi) is 4.17. The minimum Gasteiger partial charge on any atom is -0.477 e. The van der Waals surface area contributed by atoms with Crippen LogP contribution in [0.5, 0.6) is 0 Å². The minimum atomic E-state index is -1.55. The third kappa shape index (κ3) is 3.12. The Labute approximate surface area is 137 Å². The molecule has 0 bridgehead atoms. The average molecular weight is 333 g/mol. The van der Waals surface area contributed by atoms with Crippen LogP contribution in [-0.4, -0.2) is 35.0 Å². The fraction of sp³-hybridized carbons (Fsp3) is 0.294. The molecule has 1 aromatic carbocycles. The zero-order chi connectivity index (χ0) is 16.4. The third-order valence-electron chi connectivity index (χ3n) is 4.05. The van der Waals surface area contributed by atoms with Gasteiger partial charge in [0.2, 0.25) is 0 Å². The Morgan fingerprint density at radius 1 is 1.13 bits per heavy atom. The number of thiophene rings is 1. The Hall–Kier alpha value is -2.21. The van der Waals surface area contributed by atoms with Crippen molar-refractivity contribution in [1.29, 1.82) is 0 Å². The molecule has 1 atom stereocenters. The van der Waals surface area contributed by atoms with E-state index in [-0.39, 0.29) is 17.3 Å². The van der Waals surface area contributed by atoms with Crippen molar-refractivity contribution in [2.75, 3.05) is 13.1 Å². The lowest BCUT2D eigenvalue weighted by molar-refractivity contribution is 0.0328. The summed E-state index contributed by atoms with van der Waals surface area (Å²) in [5.74, 6) is -1.36. The standard InChI is InChI=1S/C17H16FNO3S/c18-17(12-5-2-1-3-6-12)9-4-10-19(11-17)15(20)13-7-8-14(23-13)16(21)22/h1-3,5-8H,4,9-11H2,(H,21,22). The summed E-state index contributed by atoms with van der Waals surface area (Å²) in [4.78, 5) is 25.4. The first-order valence-corrected chi connectivity index (χ1v) is 8.18. The maximum atomic E-state index is 15.3. The van der Waals surface area contributed by atoms with Gasteiger partial charge in [-0.2, -0.15) is 0 Å². The molecule has 1 saturated heterocycles. The second kappa shape index (κ2) is 6.12. The summed E-state index contributed by atoms with van der Waals surface area (Å²) in [6, 6.07) is 11.8. The molecule has 1 aliphatic heterocycles. The van der Waals surface area contributed by atoms with Crippen LogP contribution in [0.1, 0.15) is 37.7 Å². The number of rotatable bonds is 3. The van der Waals surface area contributed by atoms with Crippen LogP contribution in [0.25, 0.3) is 0 Å². The highest BCUT2D eigenvalue weighted by Gasteiger charge is 2.39. The van der Waals surface area contributed by atoms with Crippen molar-refractivity contribution < 1.29 is 19.1 Å². The number of amides is 1. The number of aromatic carboxylic acids is 1. The molecule has 23 heavy (non-hydrogen) atoms. The van der Waals surface area contributed by atoms with Gasteiger partial charge in [-0.1, -0.05) is 30.3 Å². The van der Waals surface area contributed by atoms with Gasteiger partial charge in [-0.15, -0.1) is 11.3 Å². The number of hydrogen-bond acceptors (Lipinski definition) is 3. The van der Waals surface area contributed by atoms with E-state index in [4.69, 9.17) is 5.11 Å². The van der Waals surface area contributed by atoms with Gasteiger partial charge in [0.1, 0.15) is 4.88 Å². The molecule has 0 aliphatic carbocycles. The molecule has 6 heteroatoms. The molecule has 1 N–H and O–H groups in total. The van der Waals surface area contributed by atoms with Gasteiger partial charge < -0.3 is 10.0 Å². The number of carbonyl (C=O) groups is 2. The summed E-state index contributed by atoms with van der Waals surface area (Å²) in [5, 5.41) is 8.95. The van der Waals surface area contributed by atoms with Crippen LogP contribution in [0.3, 0.4) is 0 Å². The number of halogens is 1. The molecule has 0 spiro atoms. The van der Waals surface area contributed by atoms with E-state index in [2.05, 4.69) is 0 Å². The van der Waals surface area contributed by atoms with Gasteiger partial charge >= 0.3 is 5.97 Å². The summed E-state index contributed by atoms with van der Waals surface area (Å²) < 4.78 is 15.3. The van der Waals surface area contributed by atoms with Crippen LogP contribution in [-0.2, 0) is 5.67 Å². The normalized spacial score (nSPS) is 21.2. The highest BCUT2D eigenvalue weighted by molar-refractivity contribution is 7.15. The molecule has 0 radical (unpaired) electrons. The number of nitrogens with zero attached hydrogens (tertiary/aromatic N) is 1. The molecular weight excluding hydrogens is 317 g/mol. The Morgan fingerprint density at radius 2 is 1.83 bits per heavy atom. The van der Waals surface area contributed by atoms with Gasteiger partial charge in [0.15, 0.2) is 5.67 Å². The summed E-state index contributed by atoms with van der Waals surface area (Å²) in [5.41, 5.74) is -0.975. The van der Waals surface area contributed by atoms with Crippen LogP contribution in [0.2, 0.25) is 0 Å². The van der Waals surface area contributed by atoms with Gasteiger partial charge in [-0.25, -0.2) is 9.18 Å². The van der Waals surface area contributed by atoms with Crippen molar-refractivity contribution in [3.05, 3.63) is 57.8 Å². The maximum absolute atomic E-state index is 15.3. The monoisotopic (exact) mass is 333 g/mol. The lowest BCUT2D eigenvalue weighted by Gasteiger charge is -2.37. The Balaban J connectivity index is 1.80. The number of likely N-dealkylation sites (tertiary alicyclic amines) is 1. The Morgan fingerprint density at radius 3 is 2.48 bits per heavy atom. The quantitative estimate of drug-likeness (QED) is 0.934. The second-order valence-corrected chi connectivity index (χ2v) is 6.71. The van der Waals surface area contributed by atoms with Crippen LogP contribution in [0.15, 0.2) is 42.5 Å². The van der Waals surface area contributed by atoms with E-state index in [0.29, 0.717) is 29.8 Å². The zero-order valence-corrected chi connectivity index (χ0v) is 13.2. The molecule has 120 valence electrons. The van der Waals surface area contributed by atoms with E-state index in [9.17, 15) is 9.59 Å². The van der Waals surface area contributed by atoms with E-state index in [0.717, 1.165) is 11.3 Å². The smallest absolute Gasteiger partial charge is 0.345 e. The van der Waals surface area contributed by atoms with E-state index in [1.54, 1.807) is 24.3 Å². The van der Waals surface area contributed by atoms with Crippen molar-refractivity contribution in [1.82, 2.24) is 4.90 Å². The molecular formula is C17H16FNO3S. The largest absolute Gasteiger partial charge is 0.477 e. The first-order chi connectivity index (χ1) is 11.0. The average Bonchev–Trinajstić information content (AvgIpc) is 3.05. The molecule has 2 aromatic rings. The van der Waals surface area contributed by atoms with Crippen LogP contribution < -0.4 is 0 Å². The number of carboxylic acids is 1. The predicted molar refractivity (Wildman–Crippen MR) is 85.6 cm³/mol. The number of alkyl halides is 1. The fourth-order valence-electron chi connectivity index (χ4n) is 2.88. The third-order valence-corrected chi connectivity index (χ3v) is 5.11. The number of benzene rings is 1. The topological polar surface area (TPSA) is 57.6 Å². The summed E-state index contributed by atoms with van der Waals surface area (Å²) in [6.07, 6.45) is 0.958. The molecule has 1 unspecified atom stereocenters. The highest BCUT2D eigenvalue weighted by Crippen LogP contribution is 2.36. The van der Waals surface area contributed by atoms with Gasteiger partial charge in [-0.05, 0) is 30.5 Å². The molecule has 4 nitrogen and oxygen atoms in total. The van der Waals surface area contributed by atoms with E-state index in [1.165, 1.54) is 17.0 Å². The molecule has 1 aliphatic rings. The number of piperidine rings is 1. The van der Waals surface area contributed by atoms with E-state index in [1.807, 2.05) is 6.07 Å². The minimum absolute atomic E-state index is 0.00382. The number of carbonyl (C=O) groups excluding carboxylic acids is 1. The van der Waals surface area contributed by atoms with Crippen molar-refractivity contribution >= 4 is 23.2 Å². The Bertz CT molecular complexity index is 730. The van der Waals surface area contributed by atoms with Gasteiger partial charge in [0.05, 0.1) is 11.4 Å². The van der Waals surface area contributed by atoms with Crippen molar-refractivity contribution in [2.24, 2.45) is 0 Å². The van der Waals surface area contributed by atoms with Gasteiger partial charge in [0.25, 0.3) is 5.91 Å². The van der Waals surface area contributed by atoms with Crippen molar-refractivity contribution in [3.8, 4) is 0 Å². The van der Waals surface area contributed by atoms with Gasteiger partial charge in [0, 0.05) is 6.54 Å². The highest BCUT2D eigenvalue weighted by atomic mass is 32.1. The van der Waals surface area contributed by atoms with Gasteiger partial charge in [-0.3, -0.25) is 4.79 Å². The van der Waals surface area contributed by atoms with Crippen LogP contribution >= 0.6 is 11.3 Å². The van der Waals surface area contributed by atoms with E-state index < -0.39 is 11.6 Å². The molecule has 1 fully saturated rings. The van der Waals surface area contributed by atoms with Crippen LogP contribution in [0.4, 0.5) is 4.39 Å². The molecule has 0 saturated carbocycles. The van der Waals surface area contributed by atoms with Crippen molar-refractivity contribution in [3.63, 3.8) is 0 Å². The van der Waals surface area contributed by atoms with E-state index >= 15 is 4.39 Å². The predicted octanol–water partition coefficient (Wildman–Crippen LogP) is 3.55. The SMILES string of the molecule is O=C(O)c1ccc(C(=O)N2CCCC(F)(c3ccccc3)C2)s1. The molecule has 1 amide bonds. The summed E-state index contributed by atoms with van der Waals surface area (Å²) >= 11 is 0.925. The zero-order valence-electron chi connectivity index (χ0n) is 12.4. The number of carboxylic acid groups (broad SMARTS) is 1. The first-order valence-electron chi connectivity index (χ1n) is 7.36. The lowest BCUT2D eigenvalue weighted by atomic mass is 9.87. The molecule has 2 heterocycles. The lowest BCUT2D eigenvalue weighted by Crippen LogP contribution is -2.46.